The molecule has 5 heteroatoms. The van der Waals surface area contributed by atoms with Crippen LogP contribution in [0.1, 0.15) is 44.1 Å². The molecule has 0 bridgehead atoms. The van der Waals surface area contributed by atoms with Crippen LogP contribution in [0, 0.1) is 23.0 Å². The number of amides is 1. The van der Waals surface area contributed by atoms with Crippen LogP contribution in [0.4, 0.5) is 8.78 Å². The molecule has 3 nitrogen and oxygen atoms in total. The van der Waals surface area contributed by atoms with E-state index in [4.69, 9.17) is 0 Å². The zero-order valence-electron chi connectivity index (χ0n) is 14.6. The van der Waals surface area contributed by atoms with Crippen molar-refractivity contribution in [3.8, 4) is 0 Å². The summed E-state index contributed by atoms with van der Waals surface area (Å²) < 4.78 is 27.4. The molecule has 1 atom stereocenters. The van der Waals surface area contributed by atoms with Crippen LogP contribution in [-0.4, -0.2) is 41.9 Å². The van der Waals surface area contributed by atoms with E-state index >= 15 is 0 Å². The fraction of sp³-hybridized carbons (Fsp3) is 0.650. The SMILES string of the molecule is O=C1N(Cc2cccc(F)c2F)CCC[C@]12CCN(CC1CCC1)C2. The summed E-state index contributed by atoms with van der Waals surface area (Å²) in [4.78, 5) is 17.3. The highest BCUT2D eigenvalue weighted by atomic mass is 19.2. The van der Waals surface area contributed by atoms with Gasteiger partial charge in [0, 0.05) is 31.7 Å². The van der Waals surface area contributed by atoms with Crippen molar-refractivity contribution in [2.45, 2.75) is 45.1 Å². The lowest BCUT2D eigenvalue weighted by molar-refractivity contribution is -0.146. The van der Waals surface area contributed by atoms with Crippen molar-refractivity contribution >= 4 is 5.91 Å². The van der Waals surface area contributed by atoms with E-state index in [1.54, 1.807) is 11.0 Å². The van der Waals surface area contributed by atoms with Crippen LogP contribution in [-0.2, 0) is 11.3 Å². The van der Waals surface area contributed by atoms with Gasteiger partial charge in [0.15, 0.2) is 11.6 Å². The Labute approximate surface area is 148 Å². The summed E-state index contributed by atoms with van der Waals surface area (Å²) in [6.07, 6.45) is 6.76. The van der Waals surface area contributed by atoms with Gasteiger partial charge in [0.05, 0.1) is 5.41 Å². The number of halogens is 2. The van der Waals surface area contributed by atoms with Crippen molar-refractivity contribution in [3.05, 3.63) is 35.4 Å². The average molecular weight is 348 g/mol. The molecule has 1 aliphatic carbocycles. The zero-order valence-corrected chi connectivity index (χ0v) is 14.6. The molecule has 136 valence electrons. The van der Waals surface area contributed by atoms with Crippen LogP contribution in [0.25, 0.3) is 0 Å². The number of piperidine rings is 1. The van der Waals surface area contributed by atoms with Gasteiger partial charge in [0.2, 0.25) is 5.91 Å². The largest absolute Gasteiger partial charge is 0.338 e. The summed E-state index contributed by atoms with van der Waals surface area (Å²) in [7, 11) is 0. The van der Waals surface area contributed by atoms with Crippen molar-refractivity contribution in [1.82, 2.24) is 9.80 Å². The molecule has 4 rings (SSSR count). The number of hydrogen-bond donors (Lipinski definition) is 0. The number of carbonyl (C=O) groups is 1. The molecule has 25 heavy (non-hydrogen) atoms. The van der Waals surface area contributed by atoms with E-state index in [0.717, 1.165) is 50.9 Å². The van der Waals surface area contributed by atoms with Crippen LogP contribution in [0.5, 0.6) is 0 Å². The zero-order chi connectivity index (χ0) is 17.4. The summed E-state index contributed by atoms with van der Waals surface area (Å²) in [5.74, 6) is -0.720. The van der Waals surface area contributed by atoms with Crippen molar-refractivity contribution < 1.29 is 13.6 Å². The molecule has 1 saturated carbocycles. The van der Waals surface area contributed by atoms with Gasteiger partial charge in [-0.3, -0.25) is 4.79 Å². The molecule has 1 aromatic carbocycles. The highest BCUT2D eigenvalue weighted by molar-refractivity contribution is 5.84. The molecule has 0 radical (unpaired) electrons. The lowest BCUT2D eigenvalue weighted by atomic mass is 9.78. The van der Waals surface area contributed by atoms with Crippen molar-refractivity contribution in [3.63, 3.8) is 0 Å². The second-order valence-electron chi connectivity index (χ2n) is 8.11. The maximum atomic E-state index is 14.0. The van der Waals surface area contributed by atoms with Gasteiger partial charge >= 0.3 is 0 Å². The maximum Gasteiger partial charge on any atom is 0.230 e. The van der Waals surface area contributed by atoms with Crippen LogP contribution < -0.4 is 0 Å². The van der Waals surface area contributed by atoms with E-state index in [0.29, 0.717) is 6.54 Å². The second-order valence-corrected chi connectivity index (χ2v) is 8.11. The Morgan fingerprint density at radius 3 is 2.72 bits per heavy atom. The third-order valence-corrected chi connectivity index (χ3v) is 6.39. The van der Waals surface area contributed by atoms with E-state index in [2.05, 4.69) is 4.90 Å². The molecule has 0 N–H and O–H groups in total. The molecule has 2 aliphatic heterocycles. The maximum absolute atomic E-state index is 14.0. The third kappa shape index (κ3) is 3.19. The summed E-state index contributed by atoms with van der Waals surface area (Å²) in [5, 5.41) is 0. The standard InChI is InChI=1S/C20H26F2N2O/c21-17-7-2-6-16(18(17)22)13-24-10-3-8-20(19(24)25)9-11-23(14-20)12-15-4-1-5-15/h2,6-7,15H,1,3-5,8-14H2/t20-/m1/s1. The fourth-order valence-electron chi connectivity index (χ4n) is 4.71. The van der Waals surface area contributed by atoms with Gasteiger partial charge in [0.25, 0.3) is 0 Å². The number of nitrogens with zero attached hydrogens (tertiary/aromatic N) is 2. The Bertz CT molecular complexity index is 661. The van der Waals surface area contributed by atoms with Crippen molar-refractivity contribution in [1.29, 1.82) is 0 Å². The number of carbonyl (C=O) groups excluding carboxylic acids is 1. The number of benzene rings is 1. The van der Waals surface area contributed by atoms with Gasteiger partial charge in [0.1, 0.15) is 0 Å². The number of hydrogen-bond acceptors (Lipinski definition) is 2. The summed E-state index contributed by atoms with van der Waals surface area (Å²) in [6, 6.07) is 4.20. The van der Waals surface area contributed by atoms with E-state index in [9.17, 15) is 13.6 Å². The Kier molecular flexibility index (Phi) is 4.52. The first-order valence-corrected chi connectivity index (χ1v) is 9.52. The molecule has 2 saturated heterocycles. The van der Waals surface area contributed by atoms with E-state index in [1.165, 1.54) is 25.3 Å². The number of rotatable bonds is 4. The van der Waals surface area contributed by atoms with Gasteiger partial charge in [-0.25, -0.2) is 8.78 Å². The molecular weight excluding hydrogens is 322 g/mol. The molecule has 0 unspecified atom stereocenters. The summed E-state index contributed by atoms with van der Waals surface area (Å²) in [5.41, 5.74) is -0.0269. The van der Waals surface area contributed by atoms with Gasteiger partial charge in [-0.05, 0) is 50.6 Å². The molecule has 1 aromatic rings. The fourth-order valence-corrected chi connectivity index (χ4v) is 4.71. The second kappa shape index (κ2) is 6.67. The molecule has 3 aliphatic rings. The summed E-state index contributed by atoms with van der Waals surface area (Å²) >= 11 is 0. The van der Waals surface area contributed by atoms with Crippen molar-refractivity contribution in [2.24, 2.45) is 11.3 Å². The minimum absolute atomic E-state index is 0.138. The molecule has 2 heterocycles. The van der Waals surface area contributed by atoms with Crippen molar-refractivity contribution in [2.75, 3.05) is 26.2 Å². The molecule has 1 amide bonds. The Morgan fingerprint density at radius 2 is 1.96 bits per heavy atom. The predicted molar refractivity (Wildman–Crippen MR) is 91.8 cm³/mol. The normalized spacial score (nSPS) is 27.9. The lowest BCUT2D eigenvalue weighted by Crippen LogP contribution is -2.50. The topological polar surface area (TPSA) is 23.6 Å². The van der Waals surface area contributed by atoms with Crippen LogP contribution >= 0.6 is 0 Å². The van der Waals surface area contributed by atoms with Crippen LogP contribution in [0.3, 0.4) is 0 Å². The molecule has 1 spiro atoms. The van der Waals surface area contributed by atoms with Crippen LogP contribution in [0.15, 0.2) is 18.2 Å². The Balaban J connectivity index is 1.45. The van der Waals surface area contributed by atoms with Gasteiger partial charge in [-0.1, -0.05) is 18.6 Å². The first-order chi connectivity index (χ1) is 12.1. The van der Waals surface area contributed by atoms with E-state index in [-0.39, 0.29) is 23.4 Å². The minimum atomic E-state index is -0.843. The molecule has 3 fully saturated rings. The highest BCUT2D eigenvalue weighted by Crippen LogP contribution is 2.41. The summed E-state index contributed by atoms with van der Waals surface area (Å²) in [6.45, 7) is 3.76. The quantitative estimate of drug-likeness (QED) is 0.830. The van der Waals surface area contributed by atoms with Gasteiger partial charge in [-0.2, -0.15) is 0 Å². The van der Waals surface area contributed by atoms with Crippen LogP contribution in [0.2, 0.25) is 0 Å². The Morgan fingerprint density at radius 1 is 1.12 bits per heavy atom. The average Bonchev–Trinajstić information content (AvgIpc) is 2.96. The molecular formula is C20H26F2N2O. The smallest absolute Gasteiger partial charge is 0.230 e. The third-order valence-electron chi connectivity index (χ3n) is 6.39. The first kappa shape index (κ1) is 17.0. The Hall–Kier alpha value is -1.49. The van der Waals surface area contributed by atoms with E-state index in [1.807, 2.05) is 0 Å². The van der Waals surface area contributed by atoms with E-state index < -0.39 is 11.6 Å². The predicted octanol–water partition coefficient (Wildman–Crippen LogP) is 3.58. The lowest BCUT2D eigenvalue weighted by Gasteiger charge is -2.40. The van der Waals surface area contributed by atoms with Gasteiger partial charge < -0.3 is 9.80 Å². The highest BCUT2D eigenvalue weighted by Gasteiger charge is 2.48. The minimum Gasteiger partial charge on any atom is -0.338 e. The molecule has 0 aromatic heterocycles. The first-order valence-electron chi connectivity index (χ1n) is 9.52. The van der Waals surface area contributed by atoms with Gasteiger partial charge in [-0.15, -0.1) is 0 Å². The number of likely N-dealkylation sites (tertiary alicyclic amines) is 2. The monoisotopic (exact) mass is 348 g/mol.